The Kier molecular flexibility index (Phi) is 7.40. The Bertz CT molecular complexity index is 1400. The molecule has 0 bridgehead atoms. The number of fused-ring (bicyclic) bond motifs is 1. The van der Waals surface area contributed by atoms with E-state index in [1.165, 1.54) is 0 Å². The predicted octanol–water partition coefficient (Wildman–Crippen LogP) is 2.11. The summed E-state index contributed by atoms with van der Waals surface area (Å²) in [5.41, 5.74) is 9.19. The number of aryl methyl sites for hydroxylation is 1. The number of rotatable bonds is 5. The van der Waals surface area contributed by atoms with Crippen LogP contribution in [0.15, 0.2) is 36.5 Å². The van der Waals surface area contributed by atoms with Crippen LogP contribution in [0.25, 0.3) is 10.9 Å². The number of benzene rings is 1. The molecule has 0 spiro atoms. The molecule has 4 atom stereocenters. The summed E-state index contributed by atoms with van der Waals surface area (Å²) in [6, 6.07) is 11.6. The Labute approximate surface area is 234 Å². The predicted molar refractivity (Wildman–Crippen MR) is 154 cm³/mol. The highest BCUT2D eigenvalue weighted by Crippen LogP contribution is 2.30. The molecule has 5 heterocycles. The number of ether oxygens (including phenoxy) is 1. The minimum Gasteiger partial charge on any atom is -0.370 e. The zero-order valence-corrected chi connectivity index (χ0v) is 23.1. The second-order valence-electron chi connectivity index (χ2n) is 11.2. The van der Waals surface area contributed by atoms with E-state index in [-0.39, 0.29) is 18.8 Å². The first-order chi connectivity index (χ1) is 19.4. The van der Waals surface area contributed by atoms with Crippen LogP contribution in [0.4, 0.5) is 21.8 Å². The van der Waals surface area contributed by atoms with E-state index in [2.05, 4.69) is 37.7 Å². The SMILES string of the molecule is Cc1cc(N2CCN(C[C@H]3CN(c4ccc(C#N)c5ncccc45)C[C@@H](C)O3)CC2)nc(N2C[C@@H](N)[C@H](F)C2)n1. The number of morpholine rings is 1. The van der Waals surface area contributed by atoms with Gasteiger partial charge >= 0.3 is 0 Å². The van der Waals surface area contributed by atoms with Crippen LogP contribution in [-0.4, -0.2) is 103 Å². The second-order valence-corrected chi connectivity index (χ2v) is 11.2. The van der Waals surface area contributed by atoms with Gasteiger partial charge in [0.05, 0.1) is 35.9 Å². The smallest absolute Gasteiger partial charge is 0.227 e. The van der Waals surface area contributed by atoms with Gasteiger partial charge in [0, 0.05) is 81.4 Å². The van der Waals surface area contributed by atoms with Gasteiger partial charge in [-0.1, -0.05) is 0 Å². The number of anilines is 3. The first kappa shape index (κ1) is 26.6. The number of piperazine rings is 1. The van der Waals surface area contributed by atoms with E-state index in [1.54, 1.807) is 6.20 Å². The maximum atomic E-state index is 14.0. The summed E-state index contributed by atoms with van der Waals surface area (Å²) in [6.45, 7) is 10.7. The van der Waals surface area contributed by atoms with E-state index in [0.29, 0.717) is 18.1 Å². The molecule has 0 radical (unpaired) electrons. The van der Waals surface area contributed by atoms with Crippen LogP contribution in [0, 0.1) is 18.3 Å². The summed E-state index contributed by atoms with van der Waals surface area (Å²) in [7, 11) is 0. The van der Waals surface area contributed by atoms with E-state index in [0.717, 1.165) is 73.9 Å². The Morgan fingerprint density at radius 1 is 1.05 bits per heavy atom. The normalized spacial score (nSPS) is 25.9. The molecule has 0 saturated carbocycles. The molecular weight excluding hydrogens is 509 g/mol. The highest BCUT2D eigenvalue weighted by molar-refractivity contribution is 5.95. The molecule has 3 fully saturated rings. The Morgan fingerprint density at radius 2 is 1.88 bits per heavy atom. The van der Waals surface area contributed by atoms with Gasteiger partial charge in [0.15, 0.2) is 0 Å². The van der Waals surface area contributed by atoms with Crippen molar-refractivity contribution < 1.29 is 9.13 Å². The van der Waals surface area contributed by atoms with Crippen LogP contribution in [-0.2, 0) is 4.74 Å². The number of nitriles is 1. The highest BCUT2D eigenvalue weighted by Gasteiger charge is 2.33. The van der Waals surface area contributed by atoms with Gasteiger partial charge in [-0.15, -0.1) is 0 Å². The van der Waals surface area contributed by atoms with Crippen molar-refractivity contribution >= 4 is 28.4 Å². The van der Waals surface area contributed by atoms with Crippen molar-refractivity contribution in [3.05, 3.63) is 47.8 Å². The fraction of sp³-hybridized carbons (Fsp3) is 0.517. The summed E-state index contributed by atoms with van der Waals surface area (Å²) < 4.78 is 20.4. The van der Waals surface area contributed by atoms with E-state index >= 15 is 0 Å². The third kappa shape index (κ3) is 5.39. The van der Waals surface area contributed by atoms with E-state index in [1.807, 2.05) is 42.2 Å². The molecule has 10 nitrogen and oxygen atoms in total. The third-order valence-corrected chi connectivity index (χ3v) is 8.09. The summed E-state index contributed by atoms with van der Waals surface area (Å²) >= 11 is 0. The fourth-order valence-corrected chi connectivity index (χ4v) is 6.11. The molecule has 3 aromatic rings. The topological polar surface area (TPSA) is 111 Å². The molecule has 210 valence electrons. The van der Waals surface area contributed by atoms with Gasteiger partial charge in [-0.3, -0.25) is 9.88 Å². The van der Waals surface area contributed by atoms with Crippen molar-refractivity contribution in [1.82, 2.24) is 19.9 Å². The zero-order valence-electron chi connectivity index (χ0n) is 23.1. The van der Waals surface area contributed by atoms with Gasteiger partial charge in [0.1, 0.15) is 18.1 Å². The summed E-state index contributed by atoms with van der Waals surface area (Å²) in [6.07, 6.45) is 0.845. The van der Waals surface area contributed by atoms with Crippen LogP contribution >= 0.6 is 0 Å². The number of nitrogens with zero attached hydrogens (tertiary/aromatic N) is 8. The van der Waals surface area contributed by atoms with E-state index < -0.39 is 12.2 Å². The van der Waals surface area contributed by atoms with Crippen LogP contribution in [0.1, 0.15) is 18.2 Å². The molecule has 2 N–H and O–H groups in total. The minimum atomic E-state index is -1.05. The molecule has 0 aliphatic carbocycles. The number of hydrogen-bond donors (Lipinski definition) is 1. The maximum Gasteiger partial charge on any atom is 0.227 e. The van der Waals surface area contributed by atoms with Crippen molar-refractivity contribution in [2.75, 3.05) is 73.6 Å². The van der Waals surface area contributed by atoms with Gasteiger partial charge in [-0.05, 0) is 38.1 Å². The van der Waals surface area contributed by atoms with Gasteiger partial charge in [0.25, 0.3) is 0 Å². The number of pyridine rings is 1. The number of aromatic nitrogens is 3. The first-order valence-corrected chi connectivity index (χ1v) is 14.0. The number of halogens is 1. The largest absolute Gasteiger partial charge is 0.370 e. The lowest BCUT2D eigenvalue weighted by molar-refractivity contribution is -0.0327. The quantitative estimate of drug-likeness (QED) is 0.512. The molecule has 3 aliphatic heterocycles. The van der Waals surface area contributed by atoms with Crippen LogP contribution in [0.2, 0.25) is 0 Å². The first-order valence-electron chi connectivity index (χ1n) is 14.0. The number of alkyl halides is 1. The summed E-state index contributed by atoms with van der Waals surface area (Å²) in [5, 5.41) is 10.5. The van der Waals surface area contributed by atoms with Crippen molar-refractivity contribution in [3.63, 3.8) is 0 Å². The lowest BCUT2D eigenvalue weighted by Gasteiger charge is -2.42. The maximum absolute atomic E-state index is 14.0. The average Bonchev–Trinajstić information content (AvgIpc) is 3.30. The Morgan fingerprint density at radius 3 is 2.62 bits per heavy atom. The van der Waals surface area contributed by atoms with Gasteiger partial charge in [-0.2, -0.15) is 10.2 Å². The molecule has 0 amide bonds. The molecule has 0 unspecified atom stereocenters. The van der Waals surface area contributed by atoms with Crippen molar-refractivity contribution in [1.29, 1.82) is 5.26 Å². The summed E-state index contributed by atoms with van der Waals surface area (Å²) in [5.74, 6) is 1.44. The van der Waals surface area contributed by atoms with Gasteiger partial charge < -0.3 is 25.2 Å². The van der Waals surface area contributed by atoms with Crippen LogP contribution < -0.4 is 20.4 Å². The molecular formula is C29H36FN9O. The molecule has 3 aliphatic rings. The van der Waals surface area contributed by atoms with Crippen LogP contribution in [0.3, 0.4) is 0 Å². The second kappa shape index (κ2) is 11.1. The van der Waals surface area contributed by atoms with Gasteiger partial charge in [0.2, 0.25) is 5.95 Å². The molecule has 1 aromatic carbocycles. The van der Waals surface area contributed by atoms with Gasteiger partial charge in [-0.25, -0.2) is 9.37 Å². The number of hydrogen-bond acceptors (Lipinski definition) is 10. The standard InChI is InChI=1S/C29H36FN9O/c1-19-12-27(35-29(34-19)39-17-24(30)25(32)18-39)37-10-8-36(9-11-37)15-22-16-38(14-20(2)40-22)26-6-5-21(13-31)28-23(26)4-3-7-33-28/h3-7,12,20,22,24-25H,8-11,14-18,32H2,1-2H3/t20-,22+,24-,25-/m1/s1. The van der Waals surface area contributed by atoms with E-state index in [4.69, 9.17) is 15.5 Å². The van der Waals surface area contributed by atoms with Crippen molar-refractivity contribution in [2.24, 2.45) is 5.73 Å². The van der Waals surface area contributed by atoms with Crippen molar-refractivity contribution in [3.8, 4) is 6.07 Å². The molecule has 2 aromatic heterocycles. The lowest BCUT2D eigenvalue weighted by Crippen LogP contribution is -2.54. The third-order valence-electron chi connectivity index (χ3n) is 8.09. The van der Waals surface area contributed by atoms with Crippen molar-refractivity contribution in [2.45, 2.75) is 38.3 Å². The molecule has 40 heavy (non-hydrogen) atoms. The summed E-state index contributed by atoms with van der Waals surface area (Å²) in [4.78, 5) is 22.8. The Hall–Kier alpha value is -3.59. The lowest BCUT2D eigenvalue weighted by atomic mass is 10.1. The molecule has 3 saturated heterocycles. The monoisotopic (exact) mass is 545 g/mol. The molecule has 6 rings (SSSR count). The minimum absolute atomic E-state index is 0.0681. The fourth-order valence-electron chi connectivity index (χ4n) is 6.11. The highest BCUT2D eigenvalue weighted by atomic mass is 19.1. The molecule has 11 heteroatoms. The Balaban J connectivity index is 1.10. The average molecular weight is 546 g/mol. The zero-order chi connectivity index (χ0) is 27.8. The number of nitrogens with two attached hydrogens (primary N) is 1. The van der Waals surface area contributed by atoms with E-state index in [9.17, 15) is 9.65 Å². The van der Waals surface area contributed by atoms with Crippen LogP contribution in [0.5, 0.6) is 0 Å².